The predicted octanol–water partition coefficient (Wildman–Crippen LogP) is 3.26. The first kappa shape index (κ1) is 24.6. The van der Waals surface area contributed by atoms with Crippen molar-refractivity contribution >= 4 is 23.6 Å². The maximum absolute atomic E-state index is 13.3. The minimum absolute atomic E-state index is 0.180. The molecule has 35 heavy (non-hydrogen) atoms. The van der Waals surface area contributed by atoms with E-state index in [2.05, 4.69) is 50.0 Å². The fourth-order valence-electron chi connectivity index (χ4n) is 5.29. The molecule has 0 aliphatic carbocycles. The van der Waals surface area contributed by atoms with E-state index in [-0.39, 0.29) is 17.3 Å². The highest BCUT2D eigenvalue weighted by molar-refractivity contribution is 8.00. The summed E-state index contributed by atoms with van der Waals surface area (Å²) in [6.07, 6.45) is 5.56. The van der Waals surface area contributed by atoms with Crippen LogP contribution in [0.2, 0.25) is 0 Å². The van der Waals surface area contributed by atoms with Gasteiger partial charge in [-0.15, -0.1) is 10.2 Å². The third-order valence-electron chi connectivity index (χ3n) is 7.32. The summed E-state index contributed by atoms with van der Waals surface area (Å²) in [5.41, 5.74) is 1.39. The van der Waals surface area contributed by atoms with Gasteiger partial charge in [0.25, 0.3) is 0 Å². The van der Waals surface area contributed by atoms with E-state index in [0.29, 0.717) is 19.1 Å². The van der Waals surface area contributed by atoms with Gasteiger partial charge in [-0.2, -0.15) is 0 Å². The molecule has 4 heterocycles. The van der Waals surface area contributed by atoms with Crippen molar-refractivity contribution < 1.29 is 14.3 Å². The molecule has 3 aliphatic heterocycles. The van der Waals surface area contributed by atoms with Gasteiger partial charge < -0.3 is 19.3 Å². The third-order valence-corrected chi connectivity index (χ3v) is 8.39. The molecular formula is C26H37N5O3S. The summed E-state index contributed by atoms with van der Waals surface area (Å²) >= 11 is 1.53. The van der Waals surface area contributed by atoms with Gasteiger partial charge in [-0.1, -0.05) is 42.1 Å². The van der Waals surface area contributed by atoms with Gasteiger partial charge in [0.1, 0.15) is 0 Å². The normalized spacial score (nSPS) is 22.5. The smallest absolute Gasteiger partial charge is 0.235 e. The second kappa shape index (κ2) is 11.8. The van der Waals surface area contributed by atoms with Crippen molar-refractivity contribution in [1.82, 2.24) is 19.7 Å². The molecule has 9 heteroatoms. The molecular weight excluding hydrogens is 462 g/mol. The number of likely N-dealkylation sites (tertiary alicyclic amines) is 1. The zero-order valence-electron chi connectivity index (χ0n) is 20.7. The Morgan fingerprint density at radius 1 is 1.06 bits per heavy atom. The second-order valence-electron chi connectivity index (χ2n) is 9.85. The largest absolute Gasteiger partial charge is 0.378 e. The Hall–Kier alpha value is -2.10. The van der Waals surface area contributed by atoms with Crippen LogP contribution in [0.15, 0.2) is 35.5 Å². The Bertz CT molecular complexity index is 951. The SMILES string of the molecule is C[C@H](Sc1nnc(N2CCOCC2)n1C[C@@H]1CCCO1)C(=O)N1CCC(Cc2ccccc2)CC1. The van der Waals surface area contributed by atoms with E-state index in [0.717, 1.165) is 82.5 Å². The lowest BCUT2D eigenvalue weighted by Crippen LogP contribution is -2.42. The van der Waals surface area contributed by atoms with Gasteiger partial charge in [0, 0.05) is 32.8 Å². The van der Waals surface area contributed by atoms with Crippen molar-refractivity contribution in [2.24, 2.45) is 5.92 Å². The Morgan fingerprint density at radius 2 is 1.83 bits per heavy atom. The highest BCUT2D eigenvalue weighted by Crippen LogP contribution is 2.30. The van der Waals surface area contributed by atoms with Crippen LogP contribution in [0, 0.1) is 5.92 Å². The van der Waals surface area contributed by atoms with Gasteiger partial charge in [0.15, 0.2) is 5.16 Å². The van der Waals surface area contributed by atoms with Crippen molar-refractivity contribution in [3.63, 3.8) is 0 Å². The van der Waals surface area contributed by atoms with E-state index < -0.39 is 0 Å². The van der Waals surface area contributed by atoms with E-state index in [9.17, 15) is 4.79 Å². The molecule has 1 aromatic carbocycles. The Kier molecular flexibility index (Phi) is 8.26. The highest BCUT2D eigenvalue weighted by atomic mass is 32.2. The van der Waals surface area contributed by atoms with E-state index in [1.165, 1.54) is 17.3 Å². The summed E-state index contributed by atoms with van der Waals surface area (Å²) in [7, 11) is 0. The van der Waals surface area contributed by atoms with Crippen LogP contribution in [0.4, 0.5) is 5.95 Å². The Balaban J connectivity index is 1.20. The number of benzene rings is 1. The van der Waals surface area contributed by atoms with Gasteiger partial charge in [-0.05, 0) is 50.5 Å². The molecule has 0 unspecified atom stereocenters. The number of nitrogens with zero attached hydrogens (tertiary/aromatic N) is 5. The number of amides is 1. The minimum Gasteiger partial charge on any atom is -0.378 e. The van der Waals surface area contributed by atoms with Gasteiger partial charge in [0.05, 0.1) is 31.1 Å². The molecule has 3 fully saturated rings. The molecule has 3 aliphatic rings. The highest BCUT2D eigenvalue weighted by Gasteiger charge is 2.30. The average Bonchev–Trinajstić information content (AvgIpc) is 3.56. The van der Waals surface area contributed by atoms with Crippen LogP contribution in [0.1, 0.15) is 38.2 Å². The topological polar surface area (TPSA) is 72.7 Å². The minimum atomic E-state index is -0.203. The zero-order valence-corrected chi connectivity index (χ0v) is 21.5. The van der Waals surface area contributed by atoms with Crippen molar-refractivity contribution in [3.8, 4) is 0 Å². The van der Waals surface area contributed by atoms with Gasteiger partial charge in [-0.25, -0.2) is 0 Å². The number of aromatic nitrogens is 3. The fourth-order valence-corrected chi connectivity index (χ4v) is 6.23. The van der Waals surface area contributed by atoms with E-state index in [1.807, 2.05) is 11.8 Å². The number of morpholine rings is 1. The number of carbonyl (C=O) groups is 1. The predicted molar refractivity (Wildman–Crippen MR) is 137 cm³/mol. The monoisotopic (exact) mass is 499 g/mol. The summed E-state index contributed by atoms with van der Waals surface area (Å²) in [6.45, 7) is 8.23. The van der Waals surface area contributed by atoms with Crippen LogP contribution < -0.4 is 4.90 Å². The second-order valence-corrected chi connectivity index (χ2v) is 11.2. The molecule has 1 aromatic heterocycles. The maximum atomic E-state index is 13.3. The van der Waals surface area contributed by atoms with Crippen LogP contribution in [-0.4, -0.2) is 82.9 Å². The lowest BCUT2D eigenvalue weighted by atomic mass is 9.90. The fraction of sp³-hybridized carbons (Fsp3) is 0.654. The average molecular weight is 500 g/mol. The van der Waals surface area contributed by atoms with Crippen molar-refractivity contribution in [2.45, 2.75) is 62.1 Å². The maximum Gasteiger partial charge on any atom is 0.235 e. The Labute approximate surface area is 212 Å². The molecule has 0 spiro atoms. The molecule has 3 saturated heterocycles. The Morgan fingerprint density at radius 3 is 2.54 bits per heavy atom. The van der Waals surface area contributed by atoms with Crippen molar-refractivity contribution in [3.05, 3.63) is 35.9 Å². The van der Waals surface area contributed by atoms with Gasteiger partial charge in [-0.3, -0.25) is 9.36 Å². The lowest BCUT2D eigenvalue weighted by molar-refractivity contribution is -0.131. The first-order chi connectivity index (χ1) is 17.2. The van der Waals surface area contributed by atoms with Crippen LogP contribution >= 0.6 is 11.8 Å². The number of hydrogen-bond donors (Lipinski definition) is 0. The molecule has 5 rings (SSSR count). The number of carbonyl (C=O) groups excluding carboxylic acids is 1. The summed E-state index contributed by atoms with van der Waals surface area (Å²) in [5, 5.41) is 9.67. The van der Waals surface area contributed by atoms with Crippen LogP contribution in [-0.2, 0) is 27.2 Å². The molecule has 0 N–H and O–H groups in total. The quantitative estimate of drug-likeness (QED) is 0.516. The molecule has 2 atom stereocenters. The standard InChI is InChI=1S/C26H37N5O3S/c1-20(24(32)29-11-9-22(10-12-29)18-21-6-3-2-4-7-21)35-26-28-27-25(30-13-16-33-17-14-30)31(26)19-23-8-5-15-34-23/h2-4,6-7,20,22-23H,5,8-19H2,1H3/t20-,23-/m0/s1. The molecule has 190 valence electrons. The summed E-state index contributed by atoms with van der Waals surface area (Å²) < 4.78 is 13.6. The molecule has 2 aromatic rings. The number of thioether (sulfide) groups is 1. The molecule has 0 saturated carbocycles. The van der Waals surface area contributed by atoms with E-state index in [1.54, 1.807) is 0 Å². The van der Waals surface area contributed by atoms with E-state index in [4.69, 9.17) is 9.47 Å². The van der Waals surface area contributed by atoms with Crippen LogP contribution in [0.5, 0.6) is 0 Å². The number of piperidine rings is 1. The zero-order chi connectivity index (χ0) is 24.0. The molecule has 0 radical (unpaired) electrons. The number of rotatable bonds is 8. The summed E-state index contributed by atoms with van der Waals surface area (Å²) in [5.74, 6) is 1.72. The van der Waals surface area contributed by atoms with Crippen molar-refractivity contribution in [1.29, 1.82) is 0 Å². The first-order valence-corrected chi connectivity index (χ1v) is 13.9. The number of hydrogen-bond acceptors (Lipinski definition) is 7. The van der Waals surface area contributed by atoms with Crippen molar-refractivity contribution in [2.75, 3.05) is 50.9 Å². The number of ether oxygens (including phenoxy) is 2. The van der Waals surface area contributed by atoms with Crippen LogP contribution in [0.25, 0.3) is 0 Å². The molecule has 8 nitrogen and oxygen atoms in total. The third kappa shape index (κ3) is 6.19. The van der Waals surface area contributed by atoms with E-state index >= 15 is 0 Å². The van der Waals surface area contributed by atoms with Gasteiger partial charge in [0.2, 0.25) is 11.9 Å². The molecule has 0 bridgehead atoms. The van der Waals surface area contributed by atoms with Crippen LogP contribution in [0.3, 0.4) is 0 Å². The summed E-state index contributed by atoms with van der Waals surface area (Å²) in [6, 6.07) is 10.7. The lowest BCUT2D eigenvalue weighted by Gasteiger charge is -2.33. The summed E-state index contributed by atoms with van der Waals surface area (Å²) in [4.78, 5) is 17.6. The molecule has 1 amide bonds. The van der Waals surface area contributed by atoms with Gasteiger partial charge >= 0.3 is 0 Å². The number of anilines is 1. The first-order valence-electron chi connectivity index (χ1n) is 13.0.